The summed E-state index contributed by atoms with van der Waals surface area (Å²) in [5.41, 5.74) is 0.703. The lowest BCUT2D eigenvalue weighted by molar-refractivity contribution is -0.137. The molecular formula is C13H12FNO3. The highest BCUT2D eigenvalue weighted by Crippen LogP contribution is 2.35. The predicted octanol–water partition coefficient (Wildman–Crippen LogP) is 1.70. The molecule has 18 heavy (non-hydrogen) atoms. The van der Waals surface area contributed by atoms with Gasteiger partial charge in [0.25, 0.3) is 0 Å². The number of fused-ring (bicyclic) bond motifs is 1. The molecule has 1 aliphatic rings. The number of anilines is 1. The number of aliphatic carboxylic acids is 1. The van der Waals surface area contributed by atoms with Crippen LogP contribution in [0.1, 0.15) is 12.5 Å². The number of Topliss-reactive ketones (excluding diaryl/α,β-unsaturated/α-hetero) is 1. The lowest BCUT2D eigenvalue weighted by atomic mass is 9.92. The monoisotopic (exact) mass is 249 g/mol. The molecule has 94 valence electrons. The maximum absolute atomic E-state index is 13.8. The number of ketones is 1. The predicted molar refractivity (Wildman–Crippen MR) is 64.9 cm³/mol. The van der Waals surface area contributed by atoms with Gasteiger partial charge in [0.1, 0.15) is 11.9 Å². The van der Waals surface area contributed by atoms with E-state index in [1.165, 1.54) is 30.0 Å². The molecule has 0 aromatic heterocycles. The van der Waals surface area contributed by atoms with Crippen LogP contribution in [0, 0.1) is 5.82 Å². The number of carboxylic acids is 1. The number of benzene rings is 1. The van der Waals surface area contributed by atoms with Crippen LogP contribution in [-0.4, -0.2) is 29.9 Å². The van der Waals surface area contributed by atoms with Gasteiger partial charge in [0.15, 0.2) is 5.78 Å². The summed E-state index contributed by atoms with van der Waals surface area (Å²) in [4.78, 5) is 24.1. The van der Waals surface area contributed by atoms with Gasteiger partial charge in [0, 0.05) is 23.9 Å². The second-order valence-corrected chi connectivity index (χ2v) is 4.16. The van der Waals surface area contributed by atoms with Crippen LogP contribution in [0.15, 0.2) is 24.3 Å². The number of carboxylic acid groups (broad SMARTS) is 1. The molecule has 5 heteroatoms. The minimum absolute atomic E-state index is 0.119. The van der Waals surface area contributed by atoms with Crippen LogP contribution in [0.3, 0.4) is 0 Å². The Labute approximate surface area is 103 Å². The maximum Gasteiger partial charge on any atom is 0.330 e. The number of allylic oxidation sites excluding steroid dienone is 1. The van der Waals surface area contributed by atoms with Gasteiger partial charge in [-0.1, -0.05) is 6.07 Å². The van der Waals surface area contributed by atoms with Crippen molar-refractivity contribution in [1.29, 1.82) is 0 Å². The summed E-state index contributed by atoms with van der Waals surface area (Å²) in [6.45, 7) is 1.30. The molecule has 0 spiro atoms. The smallest absolute Gasteiger partial charge is 0.330 e. The summed E-state index contributed by atoms with van der Waals surface area (Å²) >= 11 is 0. The zero-order valence-electron chi connectivity index (χ0n) is 9.98. The van der Waals surface area contributed by atoms with Gasteiger partial charge >= 0.3 is 5.97 Å². The molecule has 0 radical (unpaired) electrons. The first kappa shape index (κ1) is 12.3. The Kier molecular flexibility index (Phi) is 2.90. The quantitative estimate of drug-likeness (QED) is 0.866. The largest absolute Gasteiger partial charge is 0.479 e. The fourth-order valence-corrected chi connectivity index (χ4v) is 2.11. The lowest BCUT2D eigenvalue weighted by Gasteiger charge is -2.31. The molecule has 1 aliphatic heterocycles. The van der Waals surface area contributed by atoms with Gasteiger partial charge in [-0.3, -0.25) is 4.79 Å². The molecular weight excluding hydrogens is 237 g/mol. The van der Waals surface area contributed by atoms with Crippen molar-refractivity contribution in [3.63, 3.8) is 0 Å². The number of rotatable bonds is 2. The Balaban J connectivity index is 2.69. The van der Waals surface area contributed by atoms with Gasteiger partial charge in [-0.15, -0.1) is 0 Å². The zero-order chi connectivity index (χ0) is 13.4. The first-order chi connectivity index (χ1) is 8.43. The fraction of sp³-hybridized carbons (Fsp3) is 0.231. The number of halogens is 1. The van der Waals surface area contributed by atoms with E-state index in [2.05, 4.69) is 0 Å². The first-order valence-corrected chi connectivity index (χ1v) is 5.40. The number of hydrogen-bond donors (Lipinski definition) is 1. The SMILES string of the molecule is CC(=O)C1=CC(C(=O)O)N(C)c2cccc(F)c21. The molecule has 0 saturated carbocycles. The third-order valence-corrected chi connectivity index (χ3v) is 3.02. The summed E-state index contributed by atoms with van der Waals surface area (Å²) in [5, 5.41) is 9.11. The highest BCUT2D eigenvalue weighted by Gasteiger charge is 2.31. The first-order valence-electron chi connectivity index (χ1n) is 5.40. The van der Waals surface area contributed by atoms with E-state index in [0.717, 1.165) is 0 Å². The number of nitrogens with zero attached hydrogens (tertiary/aromatic N) is 1. The fourth-order valence-electron chi connectivity index (χ4n) is 2.11. The minimum Gasteiger partial charge on any atom is -0.479 e. The van der Waals surface area contributed by atoms with E-state index in [1.54, 1.807) is 13.1 Å². The van der Waals surface area contributed by atoms with Crippen LogP contribution >= 0.6 is 0 Å². The summed E-state index contributed by atoms with van der Waals surface area (Å²) in [5.74, 6) is -1.95. The average molecular weight is 249 g/mol. The Hall–Kier alpha value is -2.17. The van der Waals surface area contributed by atoms with Crippen molar-refractivity contribution in [2.24, 2.45) is 0 Å². The van der Waals surface area contributed by atoms with Crippen LogP contribution in [0.4, 0.5) is 10.1 Å². The van der Waals surface area contributed by atoms with Crippen LogP contribution < -0.4 is 4.90 Å². The Morgan fingerprint density at radius 1 is 1.39 bits per heavy atom. The Bertz CT molecular complexity index is 565. The zero-order valence-corrected chi connectivity index (χ0v) is 9.98. The van der Waals surface area contributed by atoms with E-state index >= 15 is 0 Å². The van der Waals surface area contributed by atoms with Gasteiger partial charge in [-0.05, 0) is 25.1 Å². The second kappa shape index (κ2) is 4.25. The maximum atomic E-state index is 13.8. The molecule has 0 amide bonds. The van der Waals surface area contributed by atoms with Crippen LogP contribution in [0.25, 0.3) is 5.57 Å². The van der Waals surface area contributed by atoms with Crippen molar-refractivity contribution in [2.45, 2.75) is 13.0 Å². The van der Waals surface area contributed by atoms with E-state index in [0.29, 0.717) is 5.69 Å². The van der Waals surface area contributed by atoms with Crippen LogP contribution in [0.5, 0.6) is 0 Å². The third kappa shape index (κ3) is 1.77. The Morgan fingerprint density at radius 3 is 2.61 bits per heavy atom. The minimum atomic E-state index is -1.08. The summed E-state index contributed by atoms with van der Waals surface area (Å²) in [6.07, 6.45) is 1.29. The van der Waals surface area contributed by atoms with Gasteiger partial charge in [-0.2, -0.15) is 0 Å². The summed E-state index contributed by atoms with van der Waals surface area (Å²) in [7, 11) is 1.56. The highest BCUT2D eigenvalue weighted by molar-refractivity contribution is 6.22. The lowest BCUT2D eigenvalue weighted by Crippen LogP contribution is -2.40. The van der Waals surface area contributed by atoms with E-state index in [4.69, 9.17) is 5.11 Å². The topological polar surface area (TPSA) is 57.6 Å². The standard InChI is InChI=1S/C13H12FNO3/c1-7(16)8-6-11(13(17)18)15(2)10-5-3-4-9(14)12(8)10/h3-6,11H,1-2H3,(H,17,18). The van der Waals surface area contributed by atoms with Gasteiger partial charge in [-0.25, -0.2) is 9.18 Å². The number of carbonyl (C=O) groups excluding carboxylic acids is 1. The normalized spacial score (nSPS) is 18.1. The molecule has 1 heterocycles. The summed E-state index contributed by atoms with van der Waals surface area (Å²) in [6, 6.07) is 3.39. The second-order valence-electron chi connectivity index (χ2n) is 4.16. The highest BCUT2D eigenvalue weighted by atomic mass is 19.1. The van der Waals surface area contributed by atoms with Crippen LogP contribution in [0.2, 0.25) is 0 Å². The van der Waals surface area contributed by atoms with E-state index in [1.807, 2.05) is 0 Å². The van der Waals surface area contributed by atoms with Crippen molar-refractivity contribution in [2.75, 3.05) is 11.9 Å². The Morgan fingerprint density at radius 2 is 2.06 bits per heavy atom. The molecule has 0 aliphatic carbocycles. The van der Waals surface area contributed by atoms with Gasteiger partial charge in [0.2, 0.25) is 0 Å². The number of likely N-dealkylation sites (N-methyl/N-ethyl adjacent to an activating group) is 1. The molecule has 1 unspecified atom stereocenters. The molecule has 1 aromatic carbocycles. The van der Waals surface area contributed by atoms with Gasteiger partial charge < -0.3 is 10.0 Å². The molecule has 1 atom stereocenters. The molecule has 0 saturated heterocycles. The number of hydrogen-bond acceptors (Lipinski definition) is 3. The van der Waals surface area contributed by atoms with Crippen molar-refractivity contribution < 1.29 is 19.1 Å². The molecule has 4 nitrogen and oxygen atoms in total. The molecule has 2 rings (SSSR count). The molecule has 0 bridgehead atoms. The van der Waals surface area contributed by atoms with Gasteiger partial charge in [0.05, 0.1) is 0 Å². The number of carbonyl (C=O) groups is 2. The van der Waals surface area contributed by atoms with E-state index in [-0.39, 0.29) is 16.9 Å². The third-order valence-electron chi connectivity index (χ3n) is 3.02. The van der Waals surface area contributed by atoms with Crippen molar-refractivity contribution >= 4 is 23.0 Å². The van der Waals surface area contributed by atoms with Crippen molar-refractivity contribution in [3.05, 3.63) is 35.7 Å². The van der Waals surface area contributed by atoms with E-state index < -0.39 is 17.8 Å². The van der Waals surface area contributed by atoms with E-state index in [9.17, 15) is 14.0 Å². The molecule has 1 N–H and O–H groups in total. The summed E-state index contributed by atoms with van der Waals surface area (Å²) < 4.78 is 13.8. The average Bonchev–Trinajstić information content (AvgIpc) is 2.29. The molecule has 1 aromatic rings. The van der Waals surface area contributed by atoms with Crippen molar-refractivity contribution in [1.82, 2.24) is 0 Å². The molecule has 0 fully saturated rings. The van der Waals surface area contributed by atoms with Crippen LogP contribution in [-0.2, 0) is 9.59 Å². The van der Waals surface area contributed by atoms with Crippen molar-refractivity contribution in [3.8, 4) is 0 Å².